The van der Waals surface area contributed by atoms with Gasteiger partial charge in [-0.2, -0.15) is 0 Å². The van der Waals surface area contributed by atoms with Crippen LogP contribution in [0.4, 0.5) is 0 Å². The van der Waals surface area contributed by atoms with Crippen LogP contribution in [0, 0.1) is 0 Å². The summed E-state index contributed by atoms with van der Waals surface area (Å²) in [5, 5.41) is 43.5. The molecule has 0 aliphatic rings. The average Bonchev–Trinajstić information content (AvgIpc) is 2.12. The van der Waals surface area contributed by atoms with Gasteiger partial charge in [0.25, 0.3) is 0 Å². The Labute approximate surface area is 68.7 Å². The largest absolute Gasteiger partial charge is 0.394 e. The van der Waals surface area contributed by atoms with Gasteiger partial charge in [0.05, 0.1) is 6.61 Å². The lowest BCUT2D eigenvalue weighted by molar-refractivity contribution is -0.136. The van der Waals surface area contributed by atoms with Gasteiger partial charge in [0.1, 0.15) is 24.4 Å². The Morgan fingerprint density at radius 3 is 1.92 bits per heavy atom. The third-order valence-electron chi connectivity index (χ3n) is 1.42. The first-order chi connectivity index (χ1) is 5.54. The summed E-state index contributed by atoms with van der Waals surface area (Å²) in [5.41, 5.74) is 0. The van der Waals surface area contributed by atoms with Crippen LogP contribution in [0.15, 0.2) is 0 Å². The van der Waals surface area contributed by atoms with E-state index in [0.717, 1.165) is 0 Å². The maximum atomic E-state index is 9.90. The number of carbonyl (C=O) groups is 1. The van der Waals surface area contributed by atoms with Gasteiger partial charge in [0, 0.05) is 0 Å². The number of aldehydes is 1. The highest BCUT2D eigenvalue weighted by Gasteiger charge is 2.29. The van der Waals surface area contributed by atoms with Gasteiger partial charge in [-0.05, 0) is 0 Å². The Hall–Kier alpha value is -0.530. The zero-order valence-electron chi connectivity index (χ0n) is 6.24. The van der Waals surface area contributed by atoms with Crippen LogP contribution in [0.1, 0.15) is 0 Å². The van der Waals surface area contributed by atoms with Gasteiger partial charge in [-0.3, -0.25) is 0 Å². The third kappa shape index (κ3) is 2.84. The average molecular weight is 180 g/mol. The van der Waals surface area contributed by atoms with Crippen molar-refractivity contribution in [3.05, 3.63) is 0 Å². The first-order valence-electron chi connectivity index (χ1n) is 3.33. The molecule has 0 radical (unpaired) electrons. The van der Waals surface area contributed by atoms with Crippen LogP contribution in [0.3, 0.4) is 0 Å². The summed E-state index contributed by atoms with van der Waals surface area (Å²) in [6.45, 7) is -0.760. The lowest BCUT2D eigenvalue weighted by atomic mass is 10.0. The minimum atomic E-state index is -1.79. The second kappa shape index (κ2) is 5.18. The van der Waals surface area contributed by atoms with E-state index in [1.54, 1.807) is 0 Å². The SMILES string of the molecule is O=C[C@H](O)[C@@H](O)[C@@H](O)C(O)CO. The smallest absolute Gasteiger partial charge is 0.151 e. The summed E-state index contributed by atoms with van der Waals surface area (Å²) in [6.07, 6.45) is -6.84. The second-order valence-corrected chi connectivity index (χ2v) is 2.36. The van der Waals surface area contributed by atoms with Crippen molar-refractivity contribution in [3.8, 4) is 0 Å². The maximum absolute atomic E-state index is 9.90. The monoisotopic (exact) mass is 180 g/mol. The quantitative estimate of drug-likeness (QED) is 0.282. The molecule has 6 heteroatoms. The van der Waals surface area contributed by atoms with Crippen LogP contribution < -0.4 is 0 Å². The standard InChI is InChI=1S/C6H12O6/c7-1-3(9)5(11)6(12)4(10)2-8/h1,3-6,8-12H,2H2/t3-,4?,5+,6-/m0/s1. The highest BCUT2D eigenvalue weighted by atomic mass is 16.4. The summed E-state index contributed by atoms with van der Waals surface area (Å²) in [7, 11) is 0. The molecule has 4 atom stereocenters. The predicted octanol–water partition coefficient (Wildman–Crippen LogP) is -3.38. The molecule has 0 aliphatic heterocycles. The van der Waals surface area contributed by atoms with E-state index in [2.05, 4.69) is 0 Å². The lowest BCUT2D eigenvalue weighted by Crippen LogP contribution is -2.46. The van der Waals surface area contributed by atoms with E-state index in [0.29, 0.717) is 0 Å². The van der Waals surface area contributed by atoms with Crippen molar-refractivity contribution in [1.29, 1.82) is 0 Å². The summed E-state index contributed by atoms with van der Waals surface area (Å²) in [5.74, 6) is 0. The number of aliphatic hydroxyl groups is 5. The molecular weight excluding hydrogens is 168 g/mol. The van der Waals surface area contributed by atoms with Crippen molar-refractivity contribution in [3.63, 3.8) is 0 Å². The van der Waals surface area contributed by atoms with Crippen LogP contribution in [0.5, 0.6) is 0 Å². The van der Waals surface area contributed by atoms with Gasteiger partial charge in [-0.15, -0.1) is 0 Å². The van der Waals surface area contributed by atoms with Crippen molar-refractivity contribution in [2.45, 2.75) is 24.4 Å². The number of rotatable bonds is 5. The Morgan fingerprint density at radius 2 is 1.58 bits per heavy atom. The summed E-state index contributed by atoms with van der Waals surface area (Å²) >= 11 is 0. The number of hydrogen-bond acceptors (Lipinski definition) is 6. The highest BCUT2D eigenvalue weighted by Crippen LogP contribution is 2.02. The highest BCUT2D eigenvalue weighted by molar-refractivity contribution is 5.56. The minimum Gasteiger partial charge on any atom is -0.394 e. The maximum Gasteiger partial charge on any atom is 0.151 e. The Bertz CT molecular complexity index is 138. The van der Waals surface area contributed by atoms with E-state index in [1.165, 1.54) is 0 Å². The Kier molecular flexibility index (Phi) is 4.95. The molecule has 72 valence electrons. The van der Waals surface area contributed by atoms with E-state index in [1.807, 2.05) is 0 Å². The van der Waals surface area contributed by atoms with E-state index >= 15 is 0 Å². The fourth-order valence-electron chi connectivity index (χ4n) is 0.618. The van der Waals surface area contributed by atoms with Gasteiger partial charge < -0.3 is 30.3 Å². The molecule has 0 aliphatic carbocycles. The fraction of sp³-hybridized carbons (Fsp3) is 0.833. The van der Waals surface area contributed by atoms with Crippen molar-refractivity contribution in [1.82, 2.24) is 0 Å². The third-order valence-corrected chi connectivity index (χ3v) is 1.42. The lowest BCUT2D eigenvalue weighted by Gasteiger charge is -2.22. The van der Waals surface area contributed by atoms with Crippen molar-refractivity contribution < 1.29 is 30.3 Å². The summed E-state index contributed by atoms with van der Waals surface area (Å²) < 4.78 is 0. The van der Waals surface area contributed by atoms with Crippen LogP contribution in [-0.4, -0.2) is 62.8 Å². The second-order valence-electron chi connectivity index (χ2n) is 2.36. The molecule has 0 heterocycles. The van der Waals surface area contributed by atoms with E-state index in [-0.39, 0.29) is 6.29 Å². The molecule has 0 aromatic heterocycles. The molecule has 1 unspecified atom stereocenters. The molecule has 0 spiro atoms. The minimum absolute atomic E-state index is 0.0258. The molecule has 12 heavy (non-hydrogen) atoms. The molecule has 0 rings (SSSR count). The molecule has 0 saturated carbocycles. The van der Waals surface area contributed by atoms with Crippen LogP contribution in [0.25, 0.3) is 0 Å². The number of aliphatic hydroxyl groups excluding tert-OH is 5. The molecule has 0 aromatic rings. The summed E-state index contributed by atoms with van der Waals surface area (Å²) in [4.78, 5) is 9.90. The number of hydrogen-bond donors (Lipinski definition) is 5. The van der Waals surface area contributed by atoms with E-state index in [9.17, 15) is 4.79 Å². The zero-order chi connectivity index (χ0) is 9.72. The molecule has 0 fully saturated rings. The Morgan fingerprint density at radius 1 is 1.08 bits per heavy atom. The van der Waals surface area contributed by atoms with Gasteiger partial charge in [0.2, 0.25) is 0 Å². The van der Waals surface area contributed by atoms with Gasteiger partial charge in [-0.1, -0.05) is 0 Å². The number of carbonyl (C=O) groups excluding carboxylic acids is 1. The van der Waals surface area contributed by atoms with Gasteiger partial charge >= 0.3 is 0 Å². The predicted molar refractivity (Wildman–Crippen MR) is 37.2 cm³/mol. The topological polar surface area (TPSA) is 118 Å². The van der Waals surface area contributed by atoms with Gasteiger partial charge in [-0.25, -0.2) is 0 Å². The van der Waals surface area contributed by atoms with Crippen molar-refractivity contribution in [2.24, 2.45) is 0 Å². The zero-order valence-corrected chi connectivity index (χ0v) is 6.24. The fourth-order valence-corrected chi connectivity index (χ4v) is 0.618. The van der Waals surface area contributed by atoms with Crippen molar-refractivity contribution in [2.75, 3.05) is 6.61 Å². The molecule has 6 nitrogen and oxygen atoms in total. The molecular formula is C6H12O6. The first-order valence-corrected chi connectivity index (χ1v) is 3.33. The molecule has 0 aromatic carbocycles. The summed E-state index contributed by atoms with van der Waals surface area (Å²) in [6, 6.07) is 0. The van der Waals surface area contributed by atoms with Crippen LogP contribution in [-0.2, 0) is 4.79 Å². The van der Waals surface area contributed by atoms with Crippen molar-refractivity contribution >= 4 is 6.29 Å². The molecule has 0 saturated heterocycles. The molecule has 0 amide bonds. The molecule has 0 bridgehead atoms. The molecule has 5 N–H and O–H groups in total. The van der Waals surface area contributed by atoms with E-state index < -0.39 is 31.0 Å². The van der Waals surface area contributed by atoms with E-state index in [4.69, 9.17) is 25.5 Å². The normalized spacial score (nSPS) is 21.1. The Balaban J connectivity index is 4.07. The van der Waals surface area contributed by atoms with Crippen LogP contribution >= 0.6 is 0 Å². The van der Waals surface area contributed by atoms with Gasteiger partial charge in [0.15, 0.2) is 6.29 Å². The van der Waals surface area contributed by atoms with Crippen LogP contribution in [0.2, 0.25) is 0 Å². The first kappa shape index (κ1) is 11.5.